The molecule has 1 aromatic rings. The molecule has 144 valence electrons. The van der Waals surface area contributed by atoms with Gasteiger partial charge in [-0.15, -0.1) is 0 Å². The first-order chi connectivity index (χ1) is 12.2. The molecule has 2 atom stereocenters. The number of carbonyl (C=O) groups is 2. The van der Waals surface area contributed by atoms with Crippen LogP contribution < -0.4 is 5.32 Å². The summed E-state index contributed by atoms with van der Waals surface area (Å²) in [5.74, 6) is -2.24. The first-order valence-electron chi connectivity index (χ1n) is 8.56. The van der Waals surface area contributed by atoms with Crippen LogP contribution >= 0.6 is 0 Å². The Balaban J connectivity index is 1.93. The smallest absolute Gasteiger partial charge is 0.395 e. The van der Waals surface area contributed by atoms with Crippen LogP contribution in [0, 0.1) is 5.92 Å². The van der Waals surface area contributed by atoms with E-state index in [0.29, 0.717) is 32.6 Å². The lowest BCUT2D eigenvalue weighted by Gasteiger charge is -2.25. The molecule has 2 rings (SSSR count). The van der Waals surface area contributed by atoms with Gasteiger partial charge in [0.2, 0.25) is 0 Å². The molecular weight excluding hydrogens is 349 g/mol. The van der Waals surface area contributed by atoms with Gasteiger partial charge in [0.25, 0.3) is 0 Å². The highest BCUT2D eigenvalue weighted by Gasteiger charge is 2.37. The van der Waals surface area contributed by atoms with Crippen molar-refractivity contribution in [2.45, 2.75) is 31.5 Å². The highest BCUT2D eigenvalue weighted by atomic mass is 19.4. The monoisotopic (exact) mass is 372 g/mol. The number of hydrogen-bond acceptors (Lipinski definition) is 4. The Bertz CT molecular complexity index is 607. The van der Waals surface area contributed by atoms with E-state index in [1.807, 2.05) is 35.2 Å². The SMILES string of the molecule is O=C(O)CCN[C@H](CN1CCC(C(=O)CC(F)(F)F)C1)c1ccccc1. The number of Topliss-reactive ketones (excluding diaryl/α,β-unsaturated/α-hetero) is 1. The van der Waals surface area contributed by atoms with Gasteiger partial charge in [-0.2, -0.15) is 13.2 Å². The van der Waals surface area contributed by atoms with Crippen molar-refractivity contribution in [3.05, 3.63) is 35.9 Å². The highest BCUT2D eigenvalue weighted by Crippen LogP contribution is 2.27. The number of ketones is 1. The molecule has 1 aromatic carbocycles. The van der Waals surface area contributed by atoms with E-state index in [0.717, 1.165) is 5.56 Å². The second kappa shape index (κ2) is 9.14. The fourth-order valence-electron chi connectivity index (χ4n) is 3.19. The van der Waals surface area contributed by atoms with E-state index < -0.39 is 30.3 Å². The molecule has 0 aromatic heterocycles. The number of nitrogens with zero attached hydrogens (tertiary/aromatic N) is 1. The van der Waals surface area contributed by atoms with E-state index >= 15 is 0 Å². The van der Waals surface area contributed by atoms with Crippen LogP contribution in [0.2, 0.25) is 0 Å². The third-order valence-electron chi connectivity index (χ3n) is 4.47. The molecule has 26 heavy (non-hydrogen) atoms. The van der Waals surface area contributed by atoms with E-state index in [1.165, 1.54) is 0 Å². The van der Waals surface area contributed by atoms with Gasteiger partial charge in [0.05, 0.1) is 6.42 Å². The molecular formula is C18H23F3N2O3. The minimum Gasteiger partial charge on any atom is -0.481 e. The first-order valence-corrected chi connectivity index (χ1v) is 8.56. The molecule has 0 amide bonds. The van der Waals surface area contributed by atoms with E-state index in [4.69, 9.17) is 5.11 Å². The lowest BCUT2D eigenvalue weighted by Crippen LogP contribution is -2.35. The molecule has 0 saturated carbocycles. The van der Waals surface area contributed by atoms with Crippen LogP contribution in [0.25, 0.3) is 0 Å². The molecule has 1 unspecified atom stereocenters. The van der Waals surface area contributed by atoms with Crippen LogP contribution in [0.4, 0.5) is 13.2 Å². The van der Waals surface area contributed by atoms with Gasteiger partial charge < -0.3 is 15.3 Å². The van der Waals surface area contributed by atoms with Crippen LogP contribution in [0.15, 0.2) is 30.3 Å². The molecule has 0 bridgehead atoms. The molecule has 0 spiro atoms. The summed E-state index contributed by atoms with van der Waals surface area (Å²) in [5.41, 5.74) is 0.975. The summed E-state index contributed by atoms with van der Waals surface area (Å²) < 4.78 is 37.2. The fourth-order valence-corrected chi connectivity index (χ4v) is 3.19. The van der Waals surface area contributed by atoms with E-state index in [-0.39, 0.29) is 12.5 Å². The minimum atomic E-state index is -4.46. The van der Waals surface area contributed by atoms with Gasteiger partial charge in [0.1, 0.15) is 12.2 Å². The summed E-state index contributed by atoms with van der Waals surface area (Å²) in [7, 11) is 0. The molecule has 2 N–H and O–H groups in total. The zero-order valence-corrected chi connectivity index (χ0v) is 14.3. The van der Waals surface area contributed by atoms with E-state index in [1.54, 1.807) is 0 Å². The summed E-state index contributed by atoms with van der Waals surface area (Å²) >= 11 is 0. The second-order valence-electron chi connectivity index (χ2n) is 6.56. The van der Waals surface area contributed by atoms with Crippen molar-refractivity contribution >= 4 is 11.8 Å². The standard InChI is InChI=1S/C18H23F3N2O3/c19-18(20,21)10-16(24)14-7-9-23(11-14)12-15(22-8-6-17(25)26)13-4-2-1-3-5-13/h1-5,14-15,22H,6-12H2,(H,25,26)/t14?,15-/m1/s1. The summed E-state index contributed by atoms with van der Waals surface area (Å²) in [5, 5.41) is 12.0. The number of halogens is 3. The maximum Gasteiger partial charge on any atom is 0.395 e. The van der Waals surface area contributed by atoms with Crippen LogP contribution in [-0.4, -0.2) is 54.1 Å². The van der Waals surface area contributed by atoms with Crippen molar-refractivity contribution in [2.24, 2.45) is 5.92 Å². The Morgan fingerprint density at radius 2 is 1.96 bits per heavy atom. The average Bonchev–Trinajstić information content (AvgIpc) is 3.02. The summed E-state index contributed by atoms with van der Waals surface area (Å²) in [6.45, 7) is 1.66. The number of likely N-dealkylation sites (tertiary alicyclic amines) is 1. The lowest BCUT2D eigenvalue weighted by atomic mass is 10.0. The second-order valence-corrected chi connectivity index (χ2v) is 6.56. The molecule has 0 radical (unpaired) electrons. The summed E-state index contributed by atoms with van der Waals surface area (Å²) in [6, 6.07) is 9.31. The van der Waals surface area contributed by atoms with Crippen LogP contribution in [0.5, 0.6) is 0 Å². The third-order valence-corrected chi connectivity index (χ3v) is 4.47. The topological polar surface area (TPSA) is 69.6 Å². The van der Waals surface area contributed by atoms with Crippen molar-refractivity contribution in [2.75, 3.05) is 26.2 Å². The number of aliphatic carboxylic acids is 1. The molecule has 8 heteroatoms. The normalized spacial score (nSPS) is 19.4. The van der Waals surface area contributed by atoms with Crippen LogP contribution in [-0.2, 0) is 9.59 Å². The van der Waals surface area contributed by atoms with E-state index in [9.17, 15) is 22.8 Å². The third kappa shape index (κ3) is 6.76. The number of benzene rings is 1. The van der Waals surface area contributed by atoms with Gasteiger partial charge in [-0.3, -0.25) is 9.59 Å². The maximum atomic E-state index is 12.4. The minimum absolute atomic E-state index is 0.0178. The van der Waals surface area contributed by atoms with Gasteiger partial charge >= 0.3 is 12.1 Å². The lowest BCUT2D eigenvalue weighted by molar-refractivity contribution is -0.154. The number of rotatable bonds is 9. The van der Waals surface area contributed by atoms with Gasteiger partial charge in [0, 0.05) is 31.6 Å². The van der Waals surface area contributed by atoms with Crippen molar-refractivity contribution in [1.29, 1.82) is 0 Å². The van der Waals surface area contributed by atoms with Crippen LogP contribution in [0.3, 0.4) is 0 Å². The summed E-state index contributed by atoms with van der Waals surface area (Å²) in [6.07, 6.45) is -5.43. The quantitative estimate of drug-likeness (QED) is 0.697. The van der Waals surface area contributed by atoms with Gasteiger partial charge in [-0.25, -0.2) is 0 Å². The molecule has 1 aliphatic rings. The Kier molecular flexibility index (Phi) is 7.16. The molecule has 1 heterocycles. The first kappa shape index (κ1) is 20.4. The molecule has 1 saturated heterocycles. The van der Waals surface area contributed by atoms with Crippen molar-refractivity contribution in [3.63, 3.8) is 0 Å². The zero-order valence-electron chi connectivity index (χ0n) is 14.3. The van der Waals surface area contributed by atoms with Crippen molar-refractivity contribution in [1.82, 2.24) is 10.2 Å². The van der Waals surface area contributed by atoms with E-state index in [2.05, 4.69) is 5.32 Å². The number of alkyl halides is 3. The van der Waals surface area contributed by atoms with Gasteiger partial charge in [-0.1, -0.05) is 30.3 Å². The van der Waals surface area contributed by atoms with Gasteiger partial charge in [0.15, 0.2) is 0 Å². The molecule has 0 aliphatic carbocycles. The molecule has 1 aliphatic heterocycles. The fraction of sp³-hybridized carbons (Fsp3) is 0.556. The number of carboxylic acids is 1. The number of carbonyl (C=O) groups excluding carboxylic acids is 1. The number of nitrogens with one attached hydrogen (secondary N) is 1. The Labute approximate surface area is 150 Å². The predicted octanol–water partition coefficient (Wildman–Crippen LogP) is 2.64. The maximum absolute atomic E-state index is 12.4. The zero-order chi connectivity index (χ0) is 19.2. The summed E-state index contributed by atoms with van der Waals surface area (Å²) in [4.78, 5) is 24.5. The number of hydrogen-bond donors (Lipinski definition) is 2. The Morgan fingerprint density at radius 1 is 1.27 bits per heavy atom. The van der Waals surface area contributed by atoms with Gasteiger partial charge in [-0.05, 0) is 18.5 Å². The average molecular weight is 372 g/mol. The number of carboxylic acid groups (broad SMARTS) is 1. The van der Waals surface area contributed by atoms with Crippen molar-refractivity contribution in [3.8, 4) is 0 Å². The Hall–Kier alpha value is -1.93. The highest BCUT2D eigenvalue weighted by molar-refractivity contribution is 5.82. The molecule has 1 fully saturated rings. The Morgan fingerprint density at radius 3 is 2.58 bits per heavy atom. The van der Waals surface area contributed by atoms with Crippen molar-refractivity contribution < 1.29 is 27.9 Å². The molecule has 5 nitrogen and oxygen atoms in total. The predicted molar refractivity (Wildman–Crippen MR) is 89.7 cm³/mol. The van der Waals surface area contributed by atoms with Crippen LogP contribution in [0.1, 0.15) is 30.9 Å². The largest absolute Gasteiger partial charge is 0.481 e.